The molecule has 0 fully saturated rings. The number of anilines is 1. The molecule has 106 valence electrons. The summed E-state index contributed by atoms with van der Waals surface area (Å²) in [7, 11) is 0. The minimum atomic E-state index is 0.0958. The molecule has 2 aromatic heterocycles. The first-order valence-corrected chi connectivity index (χ1v) is 6.70. The average Bonchev–Trinajstić information content (AvgIpc) is 2.36. The van der Waals surface area contributed by atoms with Crippen LogP contribution in [0.4, 0.5) is 5.95 Å². The molecular weight excluding hydrogens is 252 g/mol. The number of rotatable bonds is 5. The van der Waals surface area contributed by atoms with E-state index in [1.807, 2.05) is 52.1 Å². The number of aromatic nitrogens is 3. The van der Waals surface area contributed by atoms with E-state index in [1.165, 1.54) is 0 Å². The second kappa shape index (κ2) is 6.32. The van der Waals surface area contributed by atoms with Crippen molar-refractivity contribution >= 4 is 5.95 Å². The molecule has 5 heteroatoms. The first kappa shape index (κ1) is 14.2. The summed E-state index contributed by atoms with van der Waals surface area (Å²) < 4.78 is 5.60. The van der Waals surface area contributed by atoms with Gasteiger partial charge in [-0.05, 0) is 39.3 Å². The fourth-order valence-corrected chi connectivity index (χ4v) is 1.70. The Labute approximate surface area is 119 Å². The molecule has 0 spiro atoms. The van der Waals surface area contributed by atoms with Gasteiger partial charge in [-0.25, -0.2) is 4.98 Å². The molecule has 0 aromatic carbocycles. The van der Waals surface area contributed by atoms with Crippen molar-refractivity contribution < 1.29 is 4.74 Å². The quantitative estimate of drug-likeness (QED) is 0.907. The largest absolute Gasteiger partial charge is 0.475 e. The van der Waals surface area contributed by atoms with Gasteiger partial charge < -0.3 is 10.1 Å². The van der Waals surface area contributed by atoms with Gasteiger partial charge in [0.05, 0.1) is 6.10 Å². The lowest BCUT2D eigenvalue weighted by atomic mass is 10.2. The van der Waals surface area contributed by atoms with Crippen molar-refractivity contribution in [3.8, 4) is 5.88 Å². The molecule has 0 aliphatic rings. The molecule has 0 unspecified atom stereocenters. The molecule has 2 rings (SSSR count). The Morgan fingerprint density at radius 1 is 1.15 bits per heavy atom. The number of aryl methyl sites for hydroxylation is 2. The molecule has 2 heterocycles. The Balaban J connectivity index is 2.05. The smallest absolute Gasteiger partial charge is 0.226 e. The van der Waals surface area contributed by atoms with Crippen LogP contribution in [0.2, 0.25) is 0 Å². The van der Waals surface area contributed by atoms with Crippen LogP contribution in [0.3, 0.4) is 0 Å². The molecular formula is C15H20N4O. The van der Waals surface area contributed by atoms with Crippen LogP contribution in [-0.2, 0) is 6.54 Å². The van der Waals surface area contributed by atoms with Gasteiger partial charge in [0.25, 0.3) is 0 Å². The number of nitrogens with zero attached hydrogens (tertiary/aromatic N) is 3. The third kappa shape index (κ3) is 4.19. The van der Waals surface area contributed by atoms with Gasteiger partial charge in [-0.3, -0.25) is 4.98 Å². The van der Waals surface area contributed by atoms with E-state index in [0.717, 1.165) is 17.0 Å². The third-order valence-corrected chi connectivity index (χ3v) is 2.61. The molecule has 2 aromatic rings. The number of hydrogen-bond donors (Lipinski definition) is 1. The maximum Gasteiger partial charge on any atom is 0.226 e. The second-order valence-corrected chi connectivity index (χ2v) is 5.00. The van der Waals surface area contributed by atoms with E-state index >= 15 is 0 Å². The van der Waals surface area contributed by atoms with E-state index in [0.29, 0.717) is 18.4 Å². The Kier molecular flexibility index (Phi) is 4.50. The zero-order valence-electron chi connectivity index (χ0n) is 12.3. The van der Waals surface area contributed by atoms with Crippen LogP contribution < -0.4 is 10.1 Å². The summed E-state index contributed by atoms with van der Waals surface area (Å²) in [4.78, 5) is 13.0. The van der Waals surface area contributed by atoms with Crippen molar-refractivity contribution in [2.75, 3.05) is 5.32 Å². The second-order valence-electron chi connectivity index (χ2n) is 5.00. The molecule has 0 radical (unpaired) electrons. The van der Waals surface area contributed by atoms with E-state index in [-0.39, 0.29) is 6.10 Å². The Morgan fingerprint density at radius 2 is 1.95 bits per heavy atom. The van der Waals surface area contributed by atoms with Gasteiger partial charge in [0.2, 0.25) is 11.8 Å². The Hall–Kier alpha value is -2.17. The number of pyridine rings is 1. The minimum Gasteiger partial charge on any atom is -0.475 e. The summed E-state index contributed by atoms with van der Waals surface area (Å²) in [6.45, 7) is 8.48. The normalized spacial score (nSPS) is 10.7. The highest BCUT2D eigenvalue weighted by atomic mass is 16.5. The van der Waals surface area contributed by atoms with Crippen molar-refractivity contribution in [2.24, 2.45) is 0 Å². The van der Waals surface area contributed by atoms with E-state index in [9.17, 15) is 0 Å². The van der Waals surface area contributed by atoms with Crippen molar-refractivity contribution in [3.63, 3.8) is 0 Å². The van der Waals surface area contributed by atoms with Crippen LogP contribution in [0.25, 0.3) is 0 Å². The lowest BCUT2D eigenvalue weighted by Gasteiger charge is -2.11. The van der Waals surface area contributed by atoms with Crippen molar-refractivity contribution in [3.05, 3.63) is 41.3 Å². The van der Waals surface area contributed by atoms with Gasteiger partial charge in [-0.1, -0.05) is 6.07 Å². The molecule has 0 aliphatic carbocycles. The zero-order valence-corrected chi connectivity index (χ0v) is 12.3. The molecule has 0 bridgehead atoms. The first-order chi connectivity index (χ1) is 9.52. The summed E-state index contributed by atoms with van der Waals surface area (Å²) in [5.41, 5.74) is 2.97. The predicted octanol–water partition coefficient (Wildman–Crippen LogP) is 2.89. The standard InChI is InChI=1S/C15H20N4O/c1-10(2)20-14-7-12(4)18-15(19-14)17-9-13-6-5-11(3)16-8-13/h5-8,10H,9H2,1-4H3,(H,17,18,19). The molecule has 20 heavy (non-hydrogen) atoms. The molecule has 1 N–H and O–H groups in total. The maximum absolute atomic E-state index is 5.60. The van der Waals surface area contributed by atoms with Crippen LogP contribution in [0.1, 0.15) is 30.8 Å². The number of hydrogen-bond acceptors (Lipinski definition) is 5. The highest BCUT2D eigenvalue weighted by molar-refractivity contribution is 5.32. The van der Waals surface area contributed by atoms with E-state index in [4.69, 9.17) is 4.74 Å². The lowest BCUT2D eigenvalue weighted by molar-refractivity contribution is 0.232. The van der Waals surface area contributed by atoms with Gasteiger partial charge in [-0.15, -0.1) is 0 Å². The summed E-state index contributed by atoms with van der Waals surface area (Å²) >= 11 is 0. The molecule has 0 amide bonds. The monoisotopic (exact) mass is 272 g/mol. The fraction of sp³-hybridized carbons (Fsp3) is 0.400. The minimum absolute atomic E-state index is 0.0958. The van der Waals surface area contributed by atoms with E-state index in [1.54, 1.807) is 0 Å². The number of ether oxygens (including phenoxy) is 1. The SMILES string of the molecule is Cc1ccc(CNc2nc(C)cc(OC(C)C)n2)cn1. The molecule has 0 saturated carbocycles. The third-order valence-electron chi connectivity index (χ3n) is 2.61. The van der Waals surface area contributed by atoms with Crippen molar-refractivity contribution in [1.29, 1.82) is 0 Å². The Bertz CT molecular complexity index is 567. The van der Waals surface area contributed by atoms with Crippen LogP contribution in [0.5, 0.6) is 5.88 Å². The molecule has 5 nitrogen and oxygen atoms in total. The van der Waals surface area contributed by atoms with Crippen LogP contribution in [0.15, 0.2) is 24.4 Å². The summed E-state index contributed by atoms with van der Waals surface area (Å²) in [6.07, 6.45) is 1.95. The Morgan fingerprint density at radius 3 is 2.60 bits per heavy atom. The predicted molar refractivity (Wildman–Crippen MR) is 78.8 cm³/mol. The van der Waals surface area contributed by atoms with Crippen LogP contribution >= 0.6 is 0 Å². The number of nitrogens with one attached hydrogen (secondary N) is 1. The van der Waals surface area contributed by atoms with Gasteiger partial charge >= 0.3 is 0 Å². The topological polar surface area (TPSA) is 59.9 Å². The zero-order chi connectivity index (χ0) is 14.5. The summed E-state index contributed by atoms with van der Waals surface area (Å²) in [5, 5.41) is 3.19. The molecule has 0 atom stereocenters. The van der Waals surface area contributed by atoms with Gasteiger partial charge in [-0.2, -0.15) is 4.98 Å². The van der Waals surface area contributed by atoms with Crippen molar-refractivity contribution in [2.45, 2.75) is 40.3 Å². The van der Waals surface area contributed by atoms with Crippen LogP contribution in [0, 0.1) is 13.8 Å². The van der Waals surface area contributed by atoms with Gasteiger partial charge in [0.15, 0.2) is 0 Å². The summed E-state index contributed by atoms with van der Waals surface area (Å²) in [6, 6.07) is 5.86. The van der Waals surface area contributed by atoms with Gasteiger partial charge in [0, 0.05) is 30.2 Å². The van der Waals surface area contributed by atoms with Crippen LogP contribution in [-0.4, -0.2) is 21.1 Å². The summed E-state index contributed by atoms with van der Waals surface area (Å²) in [5.74, 6) is 1.17. The first-order valence-electron chi connectivity index (χ1n) is 6.70. The van der Waals surface area contributed by atoms with E-state index < -0.39 is 0 Å². The highest BCUT2D eigenvalue weighted by Gasteiger charge is 2.05. The van der Waals surface area contributed by atoms with Gasteiger partial charge in [0.1, 0.15) is 0 Å². The van der Waals surface area contributed by atoms with E-state index in [2.05, 4.69) is 20.3 Å². The fourth-order valence-electron chi connectivity index (χ4n) is 1.70. The average molecular weight is 272 g/mol. The molecule has 0 aliphatic heterocycles. The molecule has 0 saturated heterocycles. The van der Waals surface area contributed by atoms with Crippen molar-refractivity contribution in [1.82, 2.24) is 15.0 Å². The highest BCUT2D eigenvalue weighted by Crippen LogP contribution is 2.14. The lowest BCUT2D eigenvalue weighted by Crippen LogP contribution is -2.10. The maximum atomic E-state index is 5.60.